The zero-order valence-corrected chi connectivity index (χ0v) is 16.7. The lowest BCUT2D eigenvalue weighted by Crippen LogP contribution is -2.27. The van der Waals surface area contributed by atoms with Crippen molar-refractivity contribution in [1.29, 1.82) is 0 Å². The smallest absolute Gasteiger partial charge is 0.251 e. The number of sulfone groups is 1. The summed E-state index contributed by atoms with van der Waals surface area (Å²) in [4.78, 5) is 12.9. The van der Waals surface area contributed by atoms with Gasteiger partial charge in [-0.25, -0.2) is 8.42 Å². The van der Waals surface area contributed by atoms with E-state index < -0.39 is 9.84 Å². The first-order valence-electron chi connectivity index (χ1n) is 9.10. The second-order valence-electron chi connectivity index (χ2n) is 6.82. The van der Waals surface area contributed by atoms with Crippen LogP contribution in [0.2, 0.25) is 0 Å². The summed E-state index contributed by atoms with van der Waals surface area (Å²) in [5.41, 5.74) is 3.19. The molecule has 3 rings (SSSR count). The van der Waals surface area contributed by atoms with Crippen molar-refractivity contribution in [3.8, 4) is 0 Å². The van der Waals surface area contributed by atoms with Gasteiger partial charge in [0.1, 0.15) is 0 Å². The van der Waals surface area contributed by atoms with E-state index in [-0.39, 0.29) is 22.6 Å². The van der Waals surface area contributed by atoms with Crippen molar-refractivity contribution < 1.29 is 13.2 Å². The summed E-state index contributed by atoms with van der Waals surface area (Å²) >= 11 is 0. The van der Waals surface area contributed by atoms with Gasteiger partial charge in [-0.05, 0) is 54.8 Å². The molecule has 3 aromatic carbocycles. The molecule has 1 atom stereocenters. The second kappa shape index (κ2) is 8.40. The first-order chi connectivity index (χ1) is 13.4. The Labute approximate surface area is 166 Å². The van der Waals surface area contributed by atoms with Crippen LogP contribution in [0.15, 0.2) is 83.8 Å². The number of benzene rings is 3. The van der Waals surface area contributed by atoms with Crippen LogP contribution in [0.25, 0.3) is 0 Å². The van der Waals surface area contributed by atoms with Gasteiger partial charge in [0, 0.05) is 5.56 Å². The average molecular weight is 394 g/mol. The first-order valence-corrected chi connectivity index (χ1v) is 10.8. The molecule has 4 nitrogen and oxygen atoms in total. The lowest BCUT2D eigenvalue weighted by molar-refractivity contribution is 0.0939. The van der Waals surface area contributed by atoms with Crippen molar-refractivity contribution in [2.75, 3.05) is 0 Å². The van der Waals surface area contributed by atoms with Crippen LogP contribution in [0, 0.1) is 6.92 Å². The van der Waals surface area contributed by atoms with Gasteiger partial charge in [0.2, 0.25) is 0 Å². The van der Waals surface area contributed by atoms with E-state index in [1.807, 2.05) is 38.1 Å². The molecule has 0 saturated heterocycles. The van der Waals surface area contributed by atoms with Crippen molar-refractivity contribution in [3.05, 3.63) is 101 Å². The second-order valence-corrected chi connectivity index (χ2v) is 8.81. The van der Waals surface area contributed by atoms with E-state index in [9.17, 15) is 13.2 Å². The van der Waals surface area contributed by atoms with Crippen LogP contribution in [0.5, 0.6) is 0 Å². The molecule has 0 aliphatic carbocycles. The third kappa shape index (κ3) is 4.67. The molecule has 0 spiro atoms. The molecule has 0 heterocycles. The maximum atomic E-state index is 12.7. The van der Waals surface area contributed by atoms with Gasteiger partial charge in [0.25, 0.3) is 5.91 Å². The summed E-state index contributed by atoms with van der Waals surface area (Å²) < 4.78 is 25.2. The van der Waals surface area contributed by atoms with E-state index in [2.05, 4.69) is 5.32 Å². The standard InChI is InChI=1S/C23H23NO3S/c1-17-9-6-7-14-22(17)18(2)24-23(25)20-11-8-10-19(15-20)16-28(26,27)21-12-4-3-5-13-21/h3-15,18H,16H2,1-2H3,(H,24,25)/t18-/m1/s1. The van der Waals surface area contributed by atoms with Crippen molar-refractivity contribution in [3.63, 3.8) is 0 Å². The Balaban J connectivity index is 1.76. The Kier molecular flexibility index (Phi) is 5.95. The van der Waals surface area contributed by atoms with E-state index in [1.165, 1.54) is 0 Å². The van der Waals surface area contributed by atoms with E-state index in [0.29, 0.717) is 11.1 Å². The highest BCUT2D eigenvalue weighted by atomic mass is 32.2. The van der Waals surface area contributed by atoms with Gasteiger partial charge in [-0.1, -0.05) is 54.6 Å². The van der Waals surface area contributed by atoms with E-state index in [1.54, 1.807) is 54.6 Å². The fraction of sp³-hybridized carbons (Fsp3) is 0.174. The van der Waals surface area contributed by atoms with Crippen molar-refractivity contribution in [2.24, 2.45) is 0 Å². The zero-order valence-electron chi connectivity index (χ0n) is 15.9. The minimum absolute atomic E-state index is 0.147. The Hall–Kier alpha value is -2.92. The monoisotopic (exact) mass is 393 g/mol. The van der Waals surface area contributed by atoms with Gasteiger partial charge >= 0.3 is 0 Å². The Morgan fingerprint density at radius 1 is 0.929 bits per heavy atom. The number of amides is 1. The zero-order chi connectivity index (χ0) is 20.1. The number of hydrogen-bond donors (Lipinski definition) is 1. The van der Waals surface area contributed by atoms with E-state index in [0.717, 1.165) is 11.1 Å². The highest BCUT2D eigenvalue weighted by Crippen LogP contribution is 2.19. The van der Waals surface area contributed by atoms with E-state index >= 15 is 0 Å². The Morgan fingerprint density at radius 3 is 2.32 bits per heavy atom. The Morgan fingerprint density at radius 2 is 1.61 bits per heavy atom. The summed E-state index contributed by atoms with van der Waals surface area (Å²) in [6, 6.07) is 22.9. The number of carbonyl (C=O) groups excluding carboxylic acids is 1. The number of carbonyl (C=O) groups is 1. The van der Waals surface area contributed by atoms with Crippen LogP contribution in [-0.4, -0.2) is 14.3 Å². The summed E-state index contributed by atoms with van der Waals surface area (Å²) in [5.74, 6) is -0.374. The number of aryl methyl sites for hydroxylation is 1. The molecule has 1 N–H and O–H groups in total. The molecule has 0 radical (unpaired) electrons. The summed E-state index contributed by atoms with van der Waals surface area (Å²) in [5, 5.41) is 2.99. The number of rotatable bonds is 6. The highest BCUT2D eigenvalue weighted by Gasteiger charge is 2.17. The minimum atomic E-state index is -3.46. The quantitative estimate of drug-likeness (QED) is 0.672. The molecule has 0 fully saturated rings. The molecule has 28 heavy (non-hydrogen) atoms. The van der Waals surface area contributed by atoms with Crippen LogP contribution in [0.4, 0.5) is 0 Å². The predicted molar refractivity (Wildman–Crippen MR) is 111 cm³/mol. The third-order valence-electron chi connectivity index (χ3n) is 4.65. The van der Waals surface area contributed by atoms with Crippen molar-refractivity contribution in [2.45, 2.75) is 30.5 Å². The van der Waals surface area contributed by atoms with Crippen molar-refractivity contribution in [1.82, 2.24) is 5.32 Å². The fourth-order valence-corrected chi connectivity index (χ4v) is 4.52. The van der Waals surface area contributed by atoms with Crippen LogP contribution >= 0.6 is 0 Å². The molecule has 144 valence electrons. The van der Waals surface area contributed by atoms with Gasteiger partial charge in [0.15, 0.2) is 9.84 Å². The average Bonchev–Trinajstić information content (AvgIpc) is 2.69. The molecule has 0 aromatic heterocycles. The first kappa shape index (κ1) is 19.8. The van der Waals surface area contributed by atoms with Gasteiger partial charge in [-0.15, -0.1) is 0 Å². The topological polar surface area (TPSA) is 63.2 Å². The lowest BCUT2D eigenvalue weighted by Gasteiger charge is -2.17. The summed E-state index contributed by atoms with van der Waals surface area (Å²) in [6.45, 7) is 3.94. The summed E-state index contributed by atoms with van der Waals surface area (Å²) in [7, 11) is -3.46. The summed E-state index contributed by atoms with van der Waals surface area (Å²) in [6.07, 6.45) is 0. The molecule has 0 bridgehead atoms. The molecule has 1 amide bonds. The number of nitrogens with one attached hydrogen (secondary N) is 1. The lowest BCUT2D eigenvalue weighted by atomic mass is 10.0. The van der Waals surface area contributed by atoms with Gasteiger partial charge < -0.3 is 5.32 Å². The maximum absolute atomic E-state index is 12.7. The predicted octanol–water partition coefficient (Wildman–Crippen LogP) is 4.46. The highest BCUT2D eigenvalue weighted by molar-refractivity contribution is 7.90. The van der Waals surface area contributed by atoms with Gasteiger partial charge in [-0.3, -0.25) is 4.79 Å². The minimum Gasteiger partial charge on any atom is -0.346 e. The van der Waals surface area contributed by atoms with Crippen LogP contribution in [0.1, 0.15) is 40.0 Å². The molecule has 0 saturated carbocycles. The molecule has 0 aliphatic heterocycles. The molecule has 5 heteroatoms. The molecular weight excluding hydrogens is 370 g/mol. The maximum Gasteiger partial charge on any atom is 0.251 e. The molecule has 0 aliphatic rings. The van der Waals surface area contributed by atoms with Crippen LogP contribution in [0.3, 0.4) is 0 Å². The fourth-order valence-electron chi connectivity index (χ4n) is 3.16. The normalized spacial score (nSPS) is 12.4. The molecule has 0 unspecified atom stereocenters. The Bertz CT molecular complexity index is 1080. The van der Waals surface area contributed by atoms with Crippen molar-refractivity contribution >= 4 is 15.7 Å². The molecule has 3 aromatic rings. The largest absolute Gasteiger partial charge is 0.346 e. The van der Waals surface area contributed by atoms with Gasteiger partial charge in [0.05, 0.1) is 16.7 Å². The number of hydrogen-bond acceptors (Lipinski definition) is 3. The van der Waals surface area contributed by atoms with Gasteiger partial charge in [-0.2, -0.15) is 0 Å². The molecular formula is C23H23NO3S. The van der Waals surface area contributed by atoms with Crippen LogP contribution in [-0.2, 0) is 15.6 Å². The third-order valence-corrected chi connectivity index (χ3v) is 6.35. The van der Waals surface area contributed by atoms with Crippen LogP contribution < -0.4 is 5.32 Å². The van der Waals surface area contributed by atoms with E-state index in [4.69, 9.17) is 0 Å². The SMILES string of the molecule is Cc1ccccc1[C@@H](C)NC(=O)c1cccc(CS(=O)(=O)c2ccccc2)c1.